The van der Waals surface area contributed by atoms with Crippen molar-refractivity contribution in [2.75, 3.05) is 0 Å². The molecule has 1 aromatic carbocycles. The van der Waals surface area contributed by atoms with Crippen LogP contribution in [0.2, 0.25) is 0 Å². The number of carboxylic acids is 1. The van der Waals surface area contributed by atoms with E-state index in [9.17, 15) is 9.59 Å². The molecule has 0 bridgehead atoms. The first-order valence-electron chi connectivity index (χ1n) is 4.29. The minimum atomic E-state index is -1.40. The second-order valence-electron chi connectivity index (χ2n) is 3.41. The van der Waals surface area contributed by atoms with Gasteiger partial charge in [-0.3, -0.25) is 4.79 Å². The van der Waals surface area contributed by atoms with Gasteiger partial charge < -0.3 is 5.11 Å². The molecule has 0 saturated carbocycles. The zero-order valence-electron chi connectivity index (χ0n) is 9.13. The fourth-order valence-electron chi connectivity index (χ4n) is 1.65. The molecule has 0 aliphatic heterocycles. The number of ketones is 1. The molecule has 1 atom stereocenters. The van der Waals surface area contributed by atoms with Gasteiger partial charge in [-0.05, 0) is 31.9 Å². The molecule has 1 aromatic rings. The molecule has 0 radical (unpaired) electrons. The van der Waals surface area contributed by atoms with Crippen molar-refractivity contribution in [1.82, 2.24) is 0 Å². The van der Waals surface area contributed by atoms with Crippen LogP contribution in [0, 0.1) is 20.8 Å². The van der Waals surface area contributed by atoms with Crippen LogP contribution in [0.3, 0.4) is 0 Å². The Morgan fingerprint density at radius 3 is 1.56 bits per heavy atom. The van der Waals surface area contributed by atoms with Crippen molar-refractivity contribution < 1.29 is 14.7 Å². The van der Waals surface area contributed by atoms with Crippen LogP contribution in [-0.2, 0) is 4.79 Å². The fraction of sp³-hybridized carbons (Fsp3) is 0.273. The summed E-state index contributed by atoms with van der Waals surface area (Å²) in [5, 5.41) is 8.60. The zero-order valence-corrected chi connectivity index (χ0v) is 10.5. The van der Waals surface area contributed by atoms with Crippen molar-refractivity contribution in [3.05, 3.63) is 34.4 Å². The number of carboxylic acid groups (broad SMARTS) is 1. The van der Waals surface area contributed by atoms with Crippen LogP contribution >= 0.6 is 9.90 Å². The van der Waals surface area contributed by atoms with E-state index in [4.69, 9.17) is 5.11 Å². The van der Waals surface area contributed by atoms with E-state index in [0.717, 1.165) is 16.7 Å². The summed E-state index contributed by atoms with van der Waals surface area (Å²) in [5.41, 5.74) is 2.77. The number of hydrogen-bond donors (Lipinski definition) is 1. The molecule has 3 nitrogen and oxygen atoms in total. The molecule has 0 saturated heterocycles. The van der Waals surface area contributed by atoms with E-state index in [1.54, 1.807) is 13.8 Å². The predicted octanol–water partition coefficient (Wildman–Crippen LogP) is -0.00824. The van der Waals surface area contributed by atoms with Crippen LogP contribution in [0.1, 0.15) is 27.0 Å². The molecule has 0 heterocycles. The topological polar surface area (TPSA) is 54.4 Å². The van der Waals surface area contributed by atoms with Gasteiger partial charge in [0, 0.05) is 5.56 Å². The molecule has 7 heteroatoms. The number of rotatable bonds is 2. The SMILES string of the molecule is Cc1cc(C)c(C(=O)C(=O)O)c(C)c1.P.[NaH].[NaH].[NaH]. The third-order valence-corrected chi connectivity index (χ3v) is 2.10. The molecular weight excluding hydrogens is 280 g/mol. The first-order valence-corrected chi connectivity index (χ1v) is 4.29. The first-order chi connectivity index (χ1) is 6.43. The maximum absolute atomic E-state index is 11.3. The number of hydrogen-bond acceptors (Lipinski definition) is 2. The summed E-state index contributed by atoms with van der Waals surface area (Å²) >= 11 is 0. The van der Waals surface area contributed by atoms with E-state index in [-0.39, 0.29) is 98.6 Å². The molecule has 1 unspecified atom stereocenters. The van der Waals surface area contributed by atoms with Crippen LogP contribution in [-0.4, -0.2) is 106 Å². The van der Waals surface area contributed by atoms with Gasteiger partial charge in [0.15, 0.2) is 0 Å². The normalized spacial score (nSPS) is 7.72. The summed E-state index contributed by atoms with van der Waals surface area (Å²) in [6.07, 6.45) is 0. The first kappa shape index (κ1) is 28.0. The minimum absolute atomic E-state index is 0. The summed E-state index contributed by atoms with van der Waals surface area (Å²) in [5.74, 6) is -2.24. The van der Waals surface area contributed by atoms with Gasteiger partial charge in [-0.25, -0.2) is 4.79 Å². The van der Waals surface area contributed by atoms with Crippen molar-refractivity contribution in [3.8, 4) is 0 Å². The number of carbonyl (C=O) groups is 2. The summed E-state index contributed by atoms with van der Waals surface area (Å²) in [6, 6.07) is 3.62. The van der Waals surface area contributed by atoms with E-state index >= 15 is 0 Å². The maximum atomic E-state index is 11.3. The number of Topliss-reactive ketones (excluding diaryl/α,β-unsaturated/α-hetero) is 1. The molecule has 18 heavy (non-hydrogen) atoms. The summed E-state index contributed by atoms with van der Waals surface area (Å²) < 4.78 is 0. The van der Waals surface area contributed by atoms with Gasteiger partial charge in [0.25, 0.3) is 5.78 Å². The third-order valence-electron chi connectivity index (χ3n) is 2.10. The summed E-state index contributed by atoms with van der Waals surface area (Å²) in [4.78, 5) is 21.8. The van der Waals surface area contributed by atoms with Crippen molar-refractivity contribution >= 4 is 110 Å². The van der Waals surface area contributed by atoms with E-state index in [1.165, 1.54) is 0 Å². The van der Waals surface area contributed by atoms with Gasteiger partial charge in [-0.15, -0.1) is 0 Å². The molecule has 0 spiro atoms. The fourth-order valence-corrected chi connectivity index (χ4v) is 1.65. The Kier molecular flexibility index (Phi) is 19.5. The number of aryl methyl sites for hydroxylation is 3. The number of benzene rings is 1. The Hall–Kier alpha value is 1.79. The van der Waals surface area contributed by atoms with Gasteiger partial charge >= 0.3 is 94.6 Å². The van der Waals surface area contributed by atoms with Crippen LogP contribution in [0.15, 0.2) is 12.1 Å². The van der Waals surface area contributed by atoms with E-state index in [2.05, 4.69) is 0 Å². The average Bonchev–Trinajstić information content (AvgIpc) is 2.01. The Morgan fingerprint density at radius 1 is 0.944 bits per heavy atom. The molecule has 0 fully saturated rings. The predicted molar refractivity (Wildman–Crippen MR) is 85.2 cm³/mol. The number of aliphatic carboxylic acids is 1. The van der Waals surface area contributed by atoms with Gasteiger partial charge in [0.1, 0.15) is 0 Å². The number of carbonyl (C=O) groups excluding carboxylic acids is 1. The Labute approximate surface area is 177 Å². The van der Waals surface area contributed by atoms with Crippen LogP contribution in [0.5, 0.6) is 0 Å². The van der Waals surface area contributed by atoms with E-state index < -0.39 is 11.8 Å². The molecule has 0 aromatic heterocycles. The van der Waals surface area contributed by atoms with Gasteiger partial charge in [0.2, 0.25) is 0 Å². The van der Waals surface area contributed by atoms with Crippen molar-refractivity contribution in [2.24, 2.45) is 0 Å². The summed E-state index contributed by atoms with van der Waals surface area (Å²) in [7, 11) is 0. The Bertz CT molecular complexity index is 399. The quantitative estimate of drug-likeness (QED) is 0.362. The van der Waals surface area contributed by atoms with Crippen molar-refractivity contribution in [2.45, 2.75) is 20.8 Å². The van der Waals surface area contributed by atoms with Crippen molar-refractivity contribution in [1.29, 1.82) is 0 Å². The molecule has 0 amide bonds. The zero-order chi connectivity index (χ0) is 10.9. The summed E-state index contributed by atoms with van der Waals surface area (Å²) in [6.45, 7) is 5.40. The monoisotopic (exact) mass is 298 g/mol. The van der Waals surface area contributed by atoms with Gasteiger partial charge in [0.05, 0.1) is 0 Å². The van der Waals surface area contributed by atoms with Crippen molar-refractivity contribution in [3.63, 3.8) is 0 Å². The average molecular weight is 298 g/mol. The van der Waals surface area contributed by atoms with E-state index in [1.807, 2.05) is 19.1 Å². The van der Waals surface area contributed by atoms with Gasteiger partial charge in [-0.1, -0.05) is 17.7 Å². The van der Waals surface area contributed by atoms with E-state index in [0.29, 0.717) is 5.56 Å². The standard InChI is InChI=1S/C11H12O3.3Na.H3P.3H/c1-6-4-7(2)9(8(3)5-6)10(12)11(13)14;;;;;;;/h4-5H,1-3H3,(H,13,14);;;;1H3;;;. The van der Waals surface area contributed by atoms with Crippen LogP contribution < -0.4 is 0 Å². The second kappa shape index (κ2) is 12.5. The Morgan fingerprint density at radius 2 is 1.28 bits per heavy atom. The Balaban J connectivity index is -0.000000245. The van der Waals surface area contributed by atoms with Crippen LogP contribution in [0.4, 0.5) is 0 Å². The molecular formula is C11H18Na3O3P. The second-order valence-corrected chi connectivity index (χ2v) is 3.41. The van der Waals surface area contributed by atoms with Gasteiger partial charge in [-0.2, -0.15) is 9.90 Å². The molecule has 1 N–H and O–H groups in total. The molecule has 0 aliphatic carbocycles. The molecule has 1 rings (SSSR count). The molecule has 0 aliphatic rings. The third kappa shape index (κ3) is 7.54. The molecule has 88 valence electrons. The van der Waals surface area contributed by atoms with Crippen LogP contribution in [0.25, 0.3) is 0 Å².